The minimum atomic E-state index is 0.179. The highest BCUT2D eigenvalue weighted by Crippen LogP contribution is 2.19. The zero-order valence-corrected chi connectivity index (χ0v) is 29.8. The van der Waals surface area contributed by atoms with Gasteiger partial charge in [0.2, 0.25) is 0 Å². The minimum Gasteiger partial charge on any atom is -0.317 e. The summed E-state index contributed by atoms with van der Waals surface area (Å²) in [7, 11) is 0. The predicted molar refractivity (Wildman–Crippen MR) is 184 cm³/mol. The van der Waals surface area contributed by atoms with Gasteiger partial charge in [0, 0.05) is 77.3 Å². The third-order valence-corrected chi connectivity index (χ3v) is 9.44. The first-order valence-electron chi connectivity index (χ1n) is 18.2. The van der Waals surface area contributed by atoms with Gasteiger partial charge in [-0.2, -0.15) is 0 Å². The summed E-state index contributed by atoms with van der Waals surface area (Å²) in [4.78, 5) is 33.6. The molecule has 4 rings (SSSR count). The second kappa shape index (κ2) is 24.3. The van der Waals surface area contributed by atoms with E-state index in [1.807, 2.05) is 41.5 Å². The number of ketones is 2. The molecule has 4 aliphatic rings. The molecule has 43 heavy (non-hydrogen) atoms. The Kier molecular flexibility index (Phi) is 22.7. The van der Waals surface area contributed by atoms with Gasteiger partial charge in [0.05, 0.1) is 13.1 Å². The SMILES string of the molecule is CC.CC.CC(C)C(=O)CN1CCC(CN2CCNCC2)CC1.CCC(C)C(=O)CN1CCN(CC2CCNCC2)CC1. The first kappa shape index (κ1) is 40.1. The van der Waals surface area contributed by atoms with E-state index >= 15 is 0 Å². The number of carbonyl (C=O) groups excluding carboxylic acids is 2. The van der Waals surface area contributed by atoms with Crippen LogP contribution in [0, 0.1) is 23.7 Å². The fraction of sp³-hybridized carbons (Fsp3) is 0.943. The smallest absolute Gasteiger partial charge is 0.149 e. The predicted octanol–water partition coefficient (Wildman–Crippen LogP) is 4.10. The maximum atomic E-state index is 12.0. The molecule has 0 bridgehead atoms. The second-order valence-corrected chi connectivity index (χ2v) is 12.9. The Hall–Kier alpha value is -0.900. The Morgan fingerprint density at radius 3 is 1.51 bits per heavy atom. The molecule has 4 heterocycles. The average molecular weight is 609 g/mol. The Morgan fingerprint density at radius 1 is 0.581 bits per heavy atom. The zero-order valence-electron chi connectivity index (χ0n) is 29.8. The van der Waals surface area contributed by atoms with Crippen molar-refractivity contribution in [3.05, 3.63) is 0 Å². The molecule has 2 N–H and O–H groups in total. The van der Waals surface area contributed by atoms with Crippen molar-refractivity contribution in [2.45, 2.75) is 87.5 Å². The molecule has 1 atom stereocenters. The molecule has 0 spiro atoms. The van der Waals surface area contributed by atoms with Gasteiger partial charge in [-0.1, -0.05) is 55.4 Å². The van der Waals surface area contributed by atoms with Crippen LogP contribution in [0.4, 0.5) is 0 Å². The molecule has 0 aromatic heterocycles. The highest BCUT2D eigenvalue weighted by Gasteiger charge is 2.25. The van der Waals surface area contributed by atoms with Gasteiger partial charge in [0.1, 0.15) is 11.6 Å². The summed E-state index contributed by atoms with van der Waals surface area (Å²) in [6.45, 7) is 33.7. The molecule has 1 unspecified atom stereocenters. The molecule has 4 aliphatic heterocycles. The molecule has 0 aliphatic carbocycles. The Morgan fingerprint density at radius 2 is 1.00 bits per heavy atom. The highest BCUT2D eigenvalue weighted by molar-refractivity contribution is 5.82. The summed E-state index contributed by atoms with van der Waals surface area (Å²) in [5.74, 6) is 2.93. The van der Waals surface area contributed by atoms with Crippen LogP contribution in [-0.4, -0.2) is 136 Å². The summed E-state index contributed by atoms with van der Waals surface area (Å²) in [5.41, 5.74) is 0. The van der Waals surface area contributed by atoms with E-state index in [1.54, 1.807) is 0 Å². The van der Waals surface area contributed by atoms with E-state index in [1.165, 1.54) is 65.0 Å². The quantitative estimate of drug-likeness (QED) is 0.364. The summed E-state index contributed by atoms with van der Waals surface area (Å²) >= 11 is 0. The molecule has 4 saturated heterocycles. The summed E-state index contributed by atoms with van der Waals surface area (Å²) in [5, 5.41) is 6.84. The number of nitrogens with zero attached hydrogens (tertiary/aromatic N) is 4. The fourth-order valence-corrected chi connectivity index (χ4v) is 6.15. The topological polar surface area (TPSA) is 71.2 Å². The number of piperidine rings is 2. The van der Waals surface area contributed by atoms with E-state index in [0.29, 0.717) is 24.7 Å². The monoisotopic (exact) mass is 609 g/mol. The summed E-state index contributed by atoms with van der Waals surface area (Å²) in [6, 6.07) is 0. The van der Waals surface area contributed by atoms with Crippen LogP contribution in [-0.2, 0) is 9.59 Å². The number of piperazine rings is 2. The van der Waals surface area contributed by atoms with Crippen LogP contribution in [0.2, 0.25) is 0 Å². The van der Waals surface area contributed by atoms with Crippen molar-refractivity contribution in [1.82, 2.24) is 30.2 Å². The van der Waals surface area contributed by atoms with Crippen molar-refractivity contribution in [2.24, 2.45) is 23.7 Å². The van der Waals surface area contributed by atoms with Crippen LogP contribution in [0.25, 0.3) is 0 Å². The van der Waals surface area contributed by atoms with Crippen LogP contribution >= 0.6 is 0 Å². The van der Waals surface area contributed by atoms with Gasteiger partial charge in [-0.05, 0) is 70.1 Å². The molecular weight excluding hydrogens is 536 g/mol. The standard InChI is InChI=1S/C16H31N3O.C15H29N3O.2C2H6/c1-3-14(2)16(20)13-19-10-8-18(9-11-19)12-15-4-6-17-7-5-15;1-13(2)15(19)12-17-7-3-14(4-8-17)11-18-9-5-16-6-10-18;2*1-2/h14-15,17H,3-13H2,1-2H3;13-14,16H,3-12H2,1-2H3;2*1-2H3. The van der Waals surface area contributed by atoms with Crippen LogP contribution in [0.3, 0.4) is 0 Å². The Balaban J connectivity index is 0.000000386. The molecule has 0 radical (unpaired) electrons. The van der Waals surface area contributed by atoms with Crippen molar-refractivity contribution < 1.29 is 9.59 Å². The zero-order chi connectivity index (χ0) is 32.0. The number of Topliss-reactive ketones (excluding diaryl/α,β-unsaturated/α-hetero) is 2. The van der Waals surface area contributed by atoms with Crippen LogP contribution < -0.4 is 10.6 Å². The van der Waals surface area contributed by atoms with E-state index in [2.05, 4.69) is 44.1 Å². The van der Waals surface area contributed by atoms with Crippen molar-refractivity contribution in [1.29, 1.82) is 0 Å². The largest absolute Gasteiger partial charge is 0.317 e. The maximum absolute atomic E-state index is 12.0. The molecule has 0 saturated carbocycles. The summed E-state index contributed by atoms with van der Waals surface area (Å²) in [6.07, 6.45) is 6.14. The summed E-state index contributed by atoms with van der Waals surface area (Å²) < 4.78 is 0. The van der Waals surface area contributed by atoms with Crippen LogP contribution in [0.15, 0.2) is 0 Å². The van der Waals surface area contributed by atoms with Gasteiger partial charge in [-0.15, -0.1) is 0 Å². The molecule has 8 nitrogen and oxygen atoms in total. The number of rotatable bonds is 11. The molecule has 0 aromatic carbocycles. The first-order valence-corrected chi connectivity index (χ1v) is 18.2. The third-order valence-electron chi connectivity index (χ3n) is 9.44. The van der Waals surface area contributed by atoms with Crippen molar-refractivity contribution in [3.8, 4) is 0 Å². The number of hydrogen-bond acceptors (Lipinski definition) is 8. The second-order valence-electron chi connectivity index (χ2n) is 12.9. The number of hydrogen-bond donors (Lipinski definition) is 2. The number of carbonyl (C=O) groups is 2. The lowest BCUT2D eigenvalue weighted by atomic mass is 9.95. The van der Waals surface area contributed by atoms with Crippen molar-refractivity contribution >= 4 is 11.6 Å². The van der Waals surface area contributed by atoms with Gasteiger partial charge >= 0.3 is 0 Å². The van der Waals surface area contributed by atoms with Crippen molar-refractivity contribution in [3.63, 3.8) is 0 Å². The van der Waals surface area contributed by atoms with Gasteiger partial charge in [0.15, 0.2) is 0 Å². The average Bonchev–Trinajstić information content (AvgIpc) is 3.05. The number of likely N-dealkylation sites (tertiary alicyclic amines) is 1. The van der Waals surface area contributed by atoms with E-state index in [9.17, 15) is 9.59 Å². The van der Waals surface area contributed by atoms with E-state index in [4.69, 9.17) is 0 Å². The van der Waals surface area contributed by atoms with Crippen LogP contribution in [0.5, 0.6) is 0 Å². The molecule has 254 valence electrons. The van der Waals surface area contributed by atoms with Gasteiger partial charge in [-0.25, -0.2) is 0 Å². The van der Waals surface area contributed by atoms with Gasteiger partial charge < -0.3 is 20.4 Å². The number of nitrogens with one attached hydrogen (secondary N) is 2. The Bertz CT molecular complexity index is 692. The van der Waals surface area contributed by atoms with E-state index < -0.39 is 0 Å². The maximum Gasteiger partial charge on any atom is 0.149 e. The lowest BCUT2D eigenvalue weighted by molar-refractivity contribution is -0.124. The fourth-order valence-electron chi connectivity index (χ4n) is 6.15. The van der Waals surface area contributed by atoms with E-state index in [-0.39, 0.29) is 11.8 Å². The van der Waals surface area contributed by atoms with Crippen LogP contribution in [0.1, 0.15) is 87.5 Å². The molecule has 8 heteroatoms. The van der Waals surface area contributed by atoms with Gasteiger partial charge in [-0.3, -0.25) is 19.4 Å². The molecule has 0 aromatic rings. The lowest BCUT2D eigenvalue weighted by Gasteiger charge is -2.37. The normalized spacial score (nSPS) is 22.3. The molecule has 4 fully saturated rings. The minimum absolute atomic E-state index is 0.179. The molecular formula is C35H72N6O2. The van der Waals surface area contributed by atoms with Gasteiger partial charge in [0.25, 0.3) is 0 Å². The lowest BCUT2D eigenvalue weighted by Crippen LogP contribution is -2.50. The molecule has 0 amide bonds. The van der Waals surface area contributed by atoms with E-state index in [0.717, 1.165) is 70.6 Å². The third kappa shape index (κ3) is 16.8. The Labute approximate surface area is 267 Å². The first-order chi connectivity index (χ1) is 20.8. The van der Waals surface area contributed by atoms with Crippen molar-refractivity contribution in [2.75, 3.05) is 105 Å². The highest BCUT2D eigenvalue weighted by atomic mass is 16.1.